The number of benzene rings is 1. The van der Waals surface area contributed by atoms with E-state index in [1.165, 1.54) is 12.1 Å². The van der Waals surface area contributed by atoms with Gasteiger partial charge in [0.25, 0.3) is 0 Å². The van der Waals surface area contributed by atoms with Crippen LogP contribution in [0.4, 0.5) is 4.39 Å². The van der Waals surface area contributed by atoms with Gasteiger partial charge in [-0.25, -0.2) is 17.5 Å². The standard InChI is InChI=1S/C10H15FN2O2S/c1-7-3-4-9(11)5-10(7)16(14,15)13-6-8(2)12/h3-5,8,13H,6,12H2,1-2H3. The highest BCUT2D eigenvalue weighted by Crippen LogP contribution is 2.15. The molecule has 3 N–H and O–H groups in total. The fourth-order valence-corrected chi connectivity index (χ4v) is 2.58. The third-order valence-electron chi connectivity index (χ3n) is 2.04. The largest absolute Gasteiger partial charge is 0.327 e. The number of nitrogens with one attached hydrogen (secondary N) is 1. The summed E-state index contributed by atoms with van der Waals surface area (Å²) in [7, 11) is -3.68. The Labute approximate surface area is 94.7 Å². The number of hydrogen-bond acceptors (Lipinski definition) is 3. The highest BCUT2D eigenvalue weighted by molar-refractivity contribution is 7.89. The van der Waals surface area contributed by atoms with Crippen LogP contribution in [0.5, 0.6) is 0 Å². The minimum atomic E-state index is -3.68. The van der Waals surface area contributed by atoms with Crippen molar-refractivity contribution in [3.05, 3.63) is 29.6 Å². The molecule has 0 aliphatic carbocycles. The smallest absolute Gasteiger partial charge is 0.240 e. The molecule has 0 bridgehead atoms. The molecule has 1 atom stereocenters. The first-order valence-corrected chi connectivity index (χ1v) is 6.32. The molecule has 0 radical (unpaired) electrons. The predicted octanol–water partition coefficient (Wildman–Crippen LogP) is 0.760. The minimum Gasteiger partial charge on any atom is -0.327 e. The van der Waals surface area contributed by atoms with Gasteiger partial charge in [0.05, 0.1) is 4.90 Å². The summed E-state index contributed by atoms with van der Waals surface area (Å²) >= 11 is 0. The van der Waals surface area contributed by atoms with Crippen molar-refractivity contribution in [2.75, 3.05) is 6.54 Å². The van der Waals surface area contributed by atoms with Crippen molar-refractivity contribution in [1.82, 2.24) is 4.72 Å². The van der Waals surface area contributed by atoms with Gasteiger partial charge in [-0.2, -0.15) is 0 Å². The molecule has 0 aliphatic rings. The molecule has 6 heteroatoms. The predicted molar refractivity (Wildman–Crippen MR) is 60.0 cm³/mol. The molecule has 0 heterocycles. The fraction of sp³-hybridized carbons (Fsp3) is 0.400. The Balaban J connectivity index is 3.02. The lowest BCUT2D eigenvalue weighted by Gasteiger charge is -2.10. The number of sulfonamides is 1. The number of nitrogens with two attached hydrogens (primary N) is 1. The van der Waals surface area contributed by atoms with Gasteiger partial charge in [0, 0.05) is 12.6 Å². The normalized spacial score (nSPS) is 13.8. The van der Waals surface area contributed by atoms with Crippen molar-refractivity contribution in [1.29, 1.82) is 0 Å². The highest BCUT2D eigenvalue weighted by atomic mass is 32.2. The Morgan fingerprint density at radius 2 is 2.12 bits per heavy atom. The van der Waals surface area contributed by atoms with E-state index in [9.17, 15) is 12.8 Å². The number of hydrogen-bond donors (Lipinski definition) is 2. The van der Waals surface area contributed by atoms with Gasteiger partial charge in [0.1, 0.15) is 5.82 Å². The minimum absolute atomic E-state index is 0.0480. The molecule has 0 amide bonds. The lowest BCUT2D eigenvalue weighted by molar-refractivity contribution is 0.570. The maximum atomic E-state index is 13.0. The second-order valence-electron chi connectivity index (χ2n) is 3.74. The van der Waals surface area contributed by atoms with E-state index < -0.39 is 15.8 Å². The van der Waals surface area contributed by atoms with E-state index in [2.05, 4.69) is 4.72 Å². The van der Waals surface area contributed by atoms with Crippen LogP contribution >= 0.6 is 0 Å². The van der Waals surface area contributed by atoms with Crippen LogP contribution in [0.15, 0.2) is 23.1 Å². The highest BCUT2D eigenvalue weighted by Gasteiger charge is 2.17. The zero-order chi connectivity index (χ0) is 12.3. The number of aryl methyl sites for hydroxylation is 1. The van der Waals surface area contributed by atoms with E-state index in [1.54, 1.807) is 13.8 Å². The number of rotatable bonds is 4. The molecule has 0 aliphatic heterocycles. The fourth-order valence-electron chi connectivity index (χ4n) is 1.18. The van der Waals surface area contributed by atoms with Crippen LogP contribution in [0.3, 0.4) is 0 Å². The van der Waals surface area contributed by atoms with Crippen LogP contribution in [0, 0.1) is 12.7 Å². The third-order valence-corrected chi connectivity index (χ3v) is 3.60. The van der Waals surface area contributed by atoms with E-state index in [4.69, 9.17) is 5.73 Å². The first-order valence-electron chi connectivity index (χ1n) is 4.84. The van der Waals surface area contributed by atoms with Crippen molar-refractivity contribution in [2.24, 2.45) is 5.73 Å². The summed E-state index contributed by atoms with van der Waals surface area (Å²) in [5.41, 5.74) is 5.94. The van der Waals surface area contributed by atoms with E-state index in [1.807, 2.05) is 0 Å². The van der Waals surface area contributed by atoms with Crippen LogP contribution < -0.4 is 10.5 Å². The lowest BCUT2D eigenvalue weighted by atomic mass is 10.2. The topological polar surface area (TPSA) is 72.2 Å². The first kappa shape index (κ1) is 13.1. The van der Waals surface area contributed by atoms with Gasteiger partial charge in [-0.1, -0.05) is 6.07 Å². The van der Waals surface area contributed by atoms with E-state index >= 15 is 0 Å². The maximum Gasteiger partial charge on any atom is 0.240 e. The van der Waals surface area contributed by atoms with Crippen molar-refractivity contribution < 1.29 is 12.8 Å². The Bertz CT molecular complexity index is 472. The van der Waals surface area contributed by atoms with Gasteiger partial charge in [-0.05, 0) is 31.5 Å². The Kier molecular flexibility index (Phi) is 4.01. The monoisotopic (exact) mass is 246 g/mol. The molecule has 16 heavy (non-hydrogen) atoms. The molecule has 1 aromatic carbocycles. The second-order valence-corrected chi connectivity index (χ2v) is 5.47. The molecule has 4 nitrogen and oxygen atoms in total. The first-order chi connectivity index (χ1) is 7.33. The number of halogens is 1. The van der Waals surface area contributed by atoms with Gasteiger partial charge in [-0.3, -0.25) is 0 Å². The SMILES string of the molecule is Cc1ccc(F)cc1S(=O)(=O)NCC(C)N. The quantitative estimate of drug-likeness (QED) is 0.823. The zero-order valence-corrected chi connectivity index (χ0v) is 10.0. The summed E-state index contributed by atoms with van der Waals surface area (Å²) in [6, 6.07) is 3.36. The molecule has 0 saturated carbocycles. The van der Waals surface area contributed by atoms with Gasteiger partial charge in [0.15, 0.2) is 0 Å². The Morgan fingerprint density at radius 1 is 1.50 bits per heavy atom. The van der Waals surface area contributed by atoms with Crippen LogP contribution in [0.25, 0.3) is 0 Å². The van der Waals surface area contributed by atoms with Gasteiger partial charge in [0.2, 0.25) is 10.0 Å². The average Bonchev–Trinajstić information content (AvgIpc) is 2.19. The molecule has 1 unspecified atom stereocenters. The molecule has 0 fully saturated rings. The van der Waals surface area contributed by atoms with E-state index in [-0.39, 0.29) is 17.5 Å². The molecule has 1 aromatic rings. The van der Waals surface area contributed by atoms with Crippen molar-refractivity contribution >= 4 is 10.0 Å². The molecule has 0 spiro atoms. The van der Waals surface area contributed by atoms with Crippen LogP contribution in [-0.4, -0.2) is 21.0 Å². The van der Waals surface area contributed by atoms with E-state index in [0.717, 1.165) is 6.07 Å². The molecule has 1 rings (SSSR count). The lowest BCUT2D eigenvalue weighted by Crippen LogP contribution is -2.35. The van der Waals surface area contributed by atoms with Crippen LogP contribution in [-0.2, 0) is 10.0 Å². The molecule has 90 valence electrons. The maximum absolute atomic E-state index is 13.0. The summed E-state index contributed by atoms with van der Waals surface area (Å²) in [5.74, 6) is -0.577. The van der Waals surface area contributed by atoms with Crippen LogP contribution in [0.2, 0.25) is 0 Å². The molecular weight excluding hydrogens is 231 g/mol. The summed E-state index contributed by atoms with van der Waals surface area (Å²) in [5, 5.41) is 0. The average molecular weight is 246 g/mol. The van der Waals surface area contributed by atoms with Crippen molar-refractivity contribution in [3.63, 3.8) is 0 Å². The second kappa shape index (κ2) is 4.90. The Hall–Kier alpha value is -0.980. The van der Waals surface area contributed by atoms with Crippen molar-refractivity contribution in [3.8, 4) is 0 Å². The van der Waals surface area contributed by atoms with Crippen molar-refractivity contribution in [2.45, 2.75) is 24.8 Å². The van der Waals surface area contributed by atoms with Crippen LogP contribution in [0.1, 0.15) is 12.5 Å². The molecule has 0 saturated heterocycles. The summed E-state index contributed by atoms with van der Waals surface area (Å²) < 4.78 is 38.8. The zero-order valence-electron chi connectivity index (χ0n) is 9.20. The third kappa shape index (κ3) is 3.26. The molecule has 0 aromatic heterocycles. The van der Waals surface area contributed by atoms with Gasteiger partial charge >= 0.3 is 0 Å². The van der Waals surface area contributed by atoms with Gasteiger partial charge < -0.3 is 5.73 Å². The summed E-state index contributed by atoms with van der Waals surface area (Å²) in [4.78, 5) is -0.0480. The summed E-state index contributed by atoms with van der Waals surface area (Å²) in [6.07, 6.45) is 0. The Morgan fingerprint density at radius 3 is 2.69 bits per heavy atom. The summed E-state index contributed by atoms with van der Waals surface area (Å²) in [6.45, 7) is 3.42. The van der Waals surface area contributed by atoms with Gasteiger partial charge in [-0.15, -0.1) is 0 Å². The molecular formula is C10H15FN2O2S. The van der Waals surface area contributed by atoms with E-state index in [0.29, 0.717) is 5.56 Å².